The molecule has 1 atom stereocenters. The Labute approximate surface area is 201 Å². The summed E-state index contributed by atoms with van der Waals surface area (Å²) < 4.78 is 11.2. The van der Waals surface area contributed by atoms with Crippen LogP contribution in [0.25, 0.3) is 11.3 Å². The predicted octanol–water partition coefficient (Wildman–Crippen LogP) is 5.18. The van der Waals surface area contributed by atoms with Crippen molar-refractivity contribution in [2.24, 2.45) is 5.92 Å². The molecular formula is C27H32N4O3. The van der Waals surface area contributed by atoms with Gasteiger partial charge in [0.15, 0.2) is 11.9 Å². The summed E-state index contributed by atoms with van der Waals surface area (Å²) in [5, 5.41) is 11.8. The zero-order valence-corrected chi connectivity index (χ0v) is 20.0. The number of piperidine rings is 1. The maximum atomic E-state index is 12.6. The molecule has 7 heteroatoms. The highest BCUT2D eigenvalue weighted by atomic mass is 16.5. The number of anilines is 2. The summed E-state index contributed by atoms with van der Waals surface area (Å²) in [6, 6.07) is 18.9. The number of nitrogens with one attached hydrogen (secondary N) is 1. The molecule has 0 bridgehead atoms. The molecule has 0 spiro atoms. The summed E-state index contributed by atoms with van der Waals surface area (Å²) in [5.41, 5.74) is 2.45. The van der Waals surface area contributed by atoms with E-state index in [0.717, 1.165) is 41.8 Å². The van der Waals surface area contributed by atoms with Crippen LogP contribution in [0.1, 0.15) is 33.6 Å². The van der Waals surface area contributed by atoms with Gasteiger partial charge in [0.2, 0.25) is 0 Å². The highest BCUT2D eigenvalue weighted by molar-refractivity contribution is 5.94. The molecule has 1 aromatic heterocycles. The minimum absolute atomic E-state index is 0.221. The number of carbonyl (C=O) groups is 1. The van der Waals surface area contributed by atoms with Crippen molar-refractivity contribution < 1.29 is 14.3 Å². The largest absolute Gasteiger partial charge is 0.494 e. The Bertz CT molecular complexity index is 1060. The summed E-state index contributed by atoms with van der Waals surface area (Å²) in [7, 11) is 0. The maximum Gasteiger partial charge on any atom is 0.265 e. The smallest absolute Gasteiger partial charge is 0.265 e. The van der Waals surface area contributed by atoms with Crippen molar-refractivity contribution in [3.63, 3.8) is 0 Å². The van der Waals surface area contributed by atoms with Gasteiger partial charge in [-0.2, -0.15) is 0 Å². The van der Waals surface area contributed by atoms with Crippen molar-refractivity contribution in [1.29, 1.82) is 0 Å². The van der Waals surface area contributed by atoms with Gasteiger partial charge in [0, 0.05) is 24.3 Å². The minimum atomic E-state index is -0.645. The normalized spacial score (nSPS) is 15.0. The van der Waals surface area contributed by atoms with E-state index in [2.05, 4.69) is 27.3 Å². The summed E-state index contributed by atoms with van der Waals surface area (Å²) >= 11 is 0. The third-order valence-corrected chi connectivity index (χ3v) is 6.02. The topological polar surface area (TPSA) is 76.6 Å². The fraction of sp³-hybridized carbons (Fsp3) is 0.370. The van der Waals surface area contributed by atoms with E-state index < -0.39 is 6.10 Å². The van der Waals surface area contributed by atoms with Crippen LogP contribution >= 0.6 is 0 Å². The van der Waals surface area contributed by atoms with Gasteiger partial charge in [0.1, 0.15) is 11.5 Å². The number of benzene rings is 2. The molecule has 1 unspecified atom stereocenters. The Morgan fingerprint density at radius 2 is 1.68 bits per heavy atom. The molecule has 1 fully saturated rings. The Balaban J connectivity index is 1.31. The maximum absolute atomic E-state index is 12.6. The fourth-order valence-corrected chi connectivity index (χ4v) is 3.89. The van der Waals surface area contributed by atoms with Crippen molar-refractivity contribution in [3.05, 3.63) is 60.7 Å². The minimum Gasteiger partial charge on any atom is -0.494 e. The molecule has 3 aromatic rings. The quantitative estimate of drug-likeness (QED) is 0.499. The number of hydrogen-bond acceptors (Lipinski definition) is 6. The van der Waals surface area contributed by atoms with Crippen LogP contribution in [0.3, 0.4) is 0 Å². The van der Waals surface area contributed by atoms with Gasteiger partial charge in [-0.05, 0) is 81.1 Å². The fourth-order valence-electron chi connectivity index (χ4n) is 3.89. The Morgan fingerprint density at radius 3 is 2.29 bits per heavy atom. The highest BCUT2D eigenvalue weighted by Crippen LogP contribution is 2.24. The summed E-state index contributed by atoms with van der Waals surface area (Å²) in [6.45, 7) is 8.62. The average Bonchev–Trinajstić information content (AvgIpc) is 2.86. The first kappa shape index (κ1) is 23.5. The summed E-state index contributed by atoms with van der Waals surface area (Å²) in [5.74, 6) is 2.88. The van der Waals surface area contributed by atoms with Crippen LogP contribution in [-0.4, -0.2) is 41.9 Å². The van der Waals surface area contributed by atoms with Gasteiger partial charge in [0.05, 0.1) is 12.3 Å². The molecule has 4 rings (SSSR count). The molecule has 1 saturated heterocycles. The van der Waals surface area contributed by atoms with Crippen LogP contribution in [0.15, 0.2) is 60.7 Å². The molecule has 1 aliphatic rings. The lowest BCUT2D eigenvalue weighted by atomic mass is 9.99. The first-order valence-corrected chi connectivity index (χ1v) is 11.9. The zero-order chi connectivity index (χ0) is 23.9. The van der Waals surface area contributed by atoms with Crippen LogP contribution in [0.5, 0.6) is 11.5 Å². The summed E-state index contributed by atoms with van der Waals surface area (Å²) in [6.07, 6.45) is 1.75. The molecule has 0 radical (unpaired) electrons. The van der Waals surface area contributed by atoms with Crippen LogP contribution in [-0.2, 0) is 4.79 Å². The Kier molecular flexibility index (Phi) is 7.62. The van der Waals surface area contributed by atoms with Crippen LogP contribution in [0.4, 0.5) is 11.5 Å². The second-order valence-electron chi connectivity index (χ2n) is 8.68. The number of carbonyl (C=O) groups excluding carboxylic acids is 1. The van der Waals surface area contributed by atoms with E-state index in [9.17, 15) is 4.79 Å². The zero-order valence-electron chi connectivity index (χ0n) is 20.0. The summed E-state index contributed by atoms with van der Waals surface area (Å²) in [4.78, 5) is 14.9. The van der Waals surface area contributed by atoms with Gasteiger partial charge >= 0.3 is 0 Å². The molecule has 2 aromatic carbocycles. The molecule has 1 amide bonds. The molecular weight excluding hydrogens is 428 g/mol. The molecule has 2 heterocycles. The van der Waals surface area contributed by atoms with Crippen LogP contribution in [0.2, 0.25) is 0 Å². The molecule has 0 aliphatic carbocycles. The lowest BCUT2D eigenvalue weighted by molar-refractivity contribution is -0.122. The number of nitrogens with zero attached hydrogens (tertiary/aromatic N) is 3. The average molecular weight is 461 g/mol. The van der Waals surface area contributed by atoms with Gasteiger partial charge in [-0.15, -0.1) is 10.2 Å². The van der Waals surface area contributed by atoms with Crippen LogP contribution < -0.4 is 19.7 Å². The van der Waals surface area contributed by atoms with Gasteiger partial charge in [-0.1, -0.05) is 19.1 Å². The van der Waals surface area contributed by atoms with E-state index in [-0.39, 0.29) is 5.91 Å². The second-order valence-corrected chi connectivity index (χ2v) is 8.68. The molecule has 34 heavy (non-hydrogen) atoms. The van der Waals surface area contributed by atoms with Gasteiger partial charge in [-0.3, -0.25) is 4.79 Å². The monoisotopic (exact) mass is 460 g/mol. The lowest BCUT2D eigenvalue weighted by Gasteiger charge is -2.30. The van der Waals surface area contributed by atoms with Gasteiger partial charge < -0.3 is 19.7 Å². The van der Waals surface area contributed by atoms with Crippen molar-refractivity contribution in [2.75, 3.05) is 29.9 Å². The second kappa shape index (κ2) is 11.0. The van der Waals surface area contributed by atoms with Crippen molar-refractivity contribution in [1.82, 2.24) is 10.2 Å². The number of amides is 1. The number of aromatic nitrogens is 2. The van der Waals surface area contributed by atoms with Crippen molar-refractivity contribution in [2.45, 2.75) is 39.7 Å². The van der Waals surface area contributed by atoms with E-state index in [0.29, 0.717) is 18.0 Å². The number of ether oxygens (including phenoxy) is 2. The third-order valence-electron chi connectivity index (χ3n) is 6.02. The standard InChI is InChI=1S/C27H32N4O3/c1-4-33-23-9-11-24(12-10-23)34-20(3)27(32)28-22-7-5-21(6-8-22)25-13-14-26(30-29-25)31-17-15-19(2)16-18-31/h5-14,19-20H,4,15-18H2,1-3H3,(H,28,32). The van der Waals surface area contributed by atoms with E-state index in [1.165, 1.54) is 12.8 Å². The first-order valence-electron chi connectivity index (χ1n) is 11.9. The predicted molar refractivity (Wildman–Crippen MR) is 134 cm³/mol. The Morgan fingerprint density at radius 1 is 1.00 bits per heavy atom. The van der Waals surface area contributed by atoms with E-state index in [1.54, 1.807) is 19.1 Å². The SMILES string of the molecule is CCOc1ccc(OC(C)C(=O)Nc2ccc(-c3ccc(N4CCC(C)CC4)nn3)cc2)cc1. The van der Waals surface area contributed by atoms with Crippen molar-refractivity contribution >= 4 is 17.4 Å². The third kappa shape index (κ3) is 6.04. The molecule has 1 aliphatic heterocycles. The lowest BCUT2D eigenvalue weighted by Crippen LogP contribution is -2.33. The van der Waals surface area contributed by atoms with Gasteiger partial charge in [0.25, 0.3) is 5.91 Å². The van der Waals surface area contributed by atoms with Gasteiger partial charge in [-0.25, -0.2) is 0 Å². The van der Waals surface area contributed by atoms with E-state index >= 15 is 0 Å². The molecule has 178 valence electrons. The number of rotatable bonds is 8. The number of hydrogen-bond donors (Lipinski definition) is 1. The molecule has 1 N–H and O–H groups in total. The van der Waals surface area contributed by atoms with Crippen LogP contribution in [0, 0.1) is 5.92 Å². The molecule has 7 nitrogen and oxygen atoms in total. The highest BCUT2D eigenvalue weighted by Gasteiger charge is 2.18. The van der Waals surface area contributed by atoms with Crippen molar-refractivity contribution in [3.8, 4) is 22.8 Å². The Hall–Kier alpha value is -3.61. The molecule has 0 saturated carbocycles. The first-order chi connectivity index (χ1) is 16.5. The van der Waals surface area contributed by atoms with E-state index in [1.807, 2.05) is 55.5 Å². The van der Waals surface area contributed by atoms with E-state index in [4.69, 9.17) is 9.47 Å².